The molecular formula is C24H36N4O3. The summed E-state index contributed by atoms with van der Waals surface area (Å²) in [6.45, 7) is 6.90. The monoisotopic (exact) mass is 428 g/mol. The van der Waals surface area contributed by atoms with Gasteiger partial charge in [0.15, 0.2) is 5.96 Å². The molecule has 0 spiro atoms. The molecule has 0 radical (unpaired) electrons. The maximum Gasteiger partial charge on any atom is 0.225 e. The van der Waals surface area contributed by atoms with E-state index in [2.05, 4.69) is 34.7 Å². The van der Waals surface area contributed by atoms with Crippen molar-refractivity contribution in [1.82, 2.24) is 15.5 Å². The van der Waals surface area contributed by atoms with E-state index in [0.29, 0.717) is 19.1 Å². The van der Waals surface area contributed by atoms with Crippen LogP contribution in [0, 0.1) is 5.92 Å². The lowest BCUT2D eigenvalue weighted by Gasteiger charge is -2.22. The van der Waals surface area contributed by atoms with E-state index in [0.717, 1.165) is 61.8 Å². The first-order valence-corrected chi connectivity index (χ1v) is 11.8. The Morgan fingerprint density at radius 3 is 2.84 bits per heavy atom. The quantitative estimate of drug-likeness (QED) is 0.538. The van der Waals surface area contributed by atoms with Crippen LogP contribution in [0.15, 0.2) is 17.1 Å². The summed E-state index contributed by atoms with van der Waals surface area (Å²) in [7, 11) is 1.78. The molecule has 2 aliphatic heterocycles. The van der Waals surface area contributed by atoms with Crippen molar-refractivity contribution >= 4 is 11.9 Å². The molecule has 1 amide bonds. The third-order valence-corrected chi connectivity index (χ3v) is 6.59. The van der Waals surface area contributed by atoms with Crippen molar-refractivity contribution in [1.29, 1.82) is 0 Å². The number of benzene rings is 1. The van der Waals surface area contributed by atoms with Crippen LogP contribution in [0.5, 0.6) is 11.5 Å². The number of fused-ring (bicyclic) bond motifs is 1. The van der Waals surface area contributed by atoms with Crippen LogP contribution in [-0.4, -0.2) is 55.7 Å². The summed E-state index contributed by atoms with van der Waals surface area (Å²) in [4.78, 5) is 19.1. The summed E-state index contributed by atoms with van der Waals surface area (Å²) in [5, 5.41) is 6.91. The van der Waals surface area contributed by atoms with Crippen LogP contribution in [0.4, 0.5) is 0 Å². The van der Waals surface area contributed by atoms with Crippen molar-refractivity contribution in [2.45, 2.75) is 71.1 Å². The highest BCUT2D eigenvalue weighted by Gasteiger charge is 2.32. The number of rotatable bonds is 6. The predicted molar refractivity (Wildman–Crippen MR) is 122 cm³/mol. The summed E-state index contributed by atoms with van der Waals surface area (Å²) >= 11 is 0. The molecule has 2 atom stereocenters. The van der Waals surface area contributed by atoms with E-state index in [1.807, 2.05) is 11.8 Å². The minimum absolute atomic E-state index is 0.208. The average molecular weight is 429 g/mol. The lowest BCUT2D eigenvalue weighted by molar-refractivity contribution is -0.134. The Morgan fingerprint density at radius 1 is 1.29 bits per heavy atom. The second kappa shape index (κ2) is 9.79. The molecule has 1 saturated heterocycles. The minimum atomic E-state index is 0.208. The fourth-order valence-electron chi connectivity index (χ4n) is 4.99. The van der Waals surface area contributed by atoms with E-state index in [-0.39, 0.29) is 18.1 Å². The Kier molecular flexibility index (Phi) is 6.88. The number of aliphatic imine (C=N–C) groups is 1. The van der Waals surface area contributed by atoms with Gasteiger partial charge < -0.3 is 25.0 Å². The first kappa shape index (κ1) is 21.8. The SMILES string of the molecule is CCOc1cc2c(cc1CNC(=NC)NC1CCN(C(=O)C3CCCC3)C1)OC(C)C2. The zero-order valence-corrected chi connectivity index (χ0v) is 19.1. The number of ether oxygens (including phenoxy) is 2. The van der Waals surface area contributed by atoms with Crippen molar-refractivity contribution in [2.24, 2.45) is 10.9 Å². The summed E-state index contributed by atoms with van der Waals surface area (Å²) in [5.41, 5.74) is 2.27. The van der Waals surface area contributed by atoms with Crippen LogP contribution in [0.3, 0.4) is 0 Å². The Hall–Kier alpha value is -2.44. The molecule has 7 nitrogen and oxygen atoms in total. The third kappa shape index (κ3) is 5.08. The average Bonchev–Trinajstić information content (AvgIpc) is 3.51. The highest BCUT2D eigenvalue weighted by molar-refractivity contribution is 5.81. The van der Waals surface area contributed by atoms with Gasteiger partial charge in [0.05, 0.1) is 6.61 Å². The molecule has 0 bridgehead atoms. The fraction of sp³-hybridized carbons (Fsp3) is 0.667. The third-order valence-electron chi connectivity index (χ3n) is 6.59. The lowest BCUT2D eigenvalue weighted by atomic mass is 10.1. The van der Waals surface area contributed by atoms with Crippen LogP contribution in [-0.2, 0) is 17.8 Å². The minimum Gasteiger partial charge on any atom is -0.494 e. The van der Waals surface area contributed by atoms with Crippen LogP contribution < -0.4 is 20.1 Å². The highest BCUT2D eigenvalue weighted by atomic mass is 16.5. The van der Waals surface area contributed by atoms with Crippen LogP contribution in [0.1, 0.15) is 57.1 Å². The van der Waals surface area contributed by atoms with Gasteiger partial charge >= 0.3 is 0 Å². The van der Waals surface area contributed by atoms with E-state index in [4.69, 9.17) is 9.47 Å². The molecule has 2 fully saturated rings. The van der Waals surface area contributed by atoms with Crippen LogP contribution in [0.25, 0.3) is 0 Å². The number of likely N-dealkylation sites (tertiary alicyclic amines) is 1. The fourth-order valence-corrected chi connectivity index (χ4v) is 4.99. The van der Waals surface area contributed by atoms with E-state index >= 15 is 0 Å². The first-order chi connectivity index (χ1) is 15.1. The van der Waals surface area contributed by atoms with Crippen LogP contribution in [0.2, 0.25) is 0 Å². The van der Waals surface area contributed by atoms with Crippen molar-refractivity contribution in [3.8, 4) is 11.5 Å². The molecule has 31 heavy (non-hydrogen) atoms. The number of nitrogens with one attached hydrogen (secondary N) is 2. The van der Waals surface area contributed by atoms with Crippen molar-refractivity contribution in [2.75, 3.05) is 26.7 Å². The smallest absolute Gasteiger partial charge is 0.225 e. The molecule has 170 valence electrons. The van der Waals surface area contributed by atoms with E-state index < -0.39 is 0 Å². The molecule has 2 heterocycles. The molecule has 1 aliphatic carbocycles. The maximum absolute atomic E-state index is 12.7. The van der Waals surface area contributed by atoms with Gasteiger partial charge in [-0.3, -0.25) is 9.79 Å². The molecular weight excluding hydrogens is 392 g/mol. The van der Waals surface area contributed by atoms with Gasteiger partial charge in [-0.05, 0) is 45.2 Å². The number of hydrogen-bond donors (Lipinski definition) is 2. The van der Waals surface area contributed by atoms with Crippen molar-refractivity contribution < 1.29 is 14.3 Å². The molecule has 1 saturated carbocycles. The first-order valence-electron chi connectivity index (χ1n) is 11.8. The highest BCUT2D eigenvalue weighted by Crippen LogP contribution is 2.35. The largest absolute Gasteiger partial charge is 0.494 e. The number of amides is 1. The van der Waals surface area contributed by atoms with E-state index in [1.54, 1.807) is 7.05 Å². The van der Waals surface area contributed by atoms with Gasteiger partial charge in [-0.1, -0.05) is 12.8 Å². The normalized spacial score (nSPS) is 23.6. The van der Waals surface area contributed by atoms with Gasteiger partial charge in [-0.2, -0.15) is 0 Å². The summed E-state index contributed by atoms with van der Waals surface area (Å²) in [6.07, 6.45) is 6.58. The second-order valence-electron chi connectivity index (χ2n) is 8.95. The molecule has 1 aromatic rings. The van der Waals surface area contributed by atoms with E-state index in [9.17, 15) is 4.79 Å². The number of carbonyl (C=O) groups is 1. The Morgan fingerprint density at radius 2 is 2.10 bits per heavy atom. The van der Waals surface area contributed by atoms with Gasteiger partial charge in [0.1, 0.15) is 17.6 Å². The zero-order valence-electron chi connectivity index (χ0n) is 19.1. The van der Waals surface area contributed by atoms with Gasteiger partial charge in [0.2, 0.25) is 5.91 Å². The van der Waals surface area contributed by atoms with Gasteiger partial charge in [-0.15, -0.1) is 0 Å². The molecule has 2 N–H and O–H groups in total. The predicted octanol–water partition coefficient (Wildman–Crippen LogP) is 2.86. The summed E-state index contributed by atoms with van der Waals surface area (Å²) in [6, 6.07) is 4.42. The summed E-state index contributed by atoms with van der Waals surface area (Å²) < 4.78 is 11.8. The van der Waals surface area contributed by atoms with Gasteiger partial charge in [-0.25, -0.2) is 0 Å². The van der Waals surface area contributed by atoms with Gasteiger partial charge in [0, 0.05) is 56.2 Å². The standard InChI is InChI=1S/C24H36N4O3/c1-4-30-21-12-18-11-16(2)31-22(18)13-19(21)14-26-24(25-3)27-20-9-10-28(15-20)23(29)17-7-5-6-8-17/h12-13,16-17,20H,4-11,14-15H2,1-3H3,(H2,25,26,27). The number of guanidine groups is 1. The van der Waals surface area contributed by atoms with Gasteiger partial charge in [0.25, 0.3) is 0 Å². The van der Waals surface area contributed by atoms with E-state index in [1.165, 1.54) is 18.4 Å². The van der Waals surface area contributed by atoms with Crippen molar-refractivity contribution in [3.63, 3.8) is 0 Å². The number of hydrogen-bond acceptors (Lipinski definition) is 4. The Bertz CT molecular complexity index is 819. The molecule has 2 unspecified atom stereocenters. The van der Waals surface area contributed by atoms with Crippen molar-refractivity contribution in [3.05, 3.63) is 23.3 Å². The van der Waals surface area contributed by atoms with Crippen LogP contribution >= 0.6 is 0 Å². The molecule has 4 rings (SSSR count). The topological polar surface area (TPSA) is 75.2 Å². The molecule has 0 aromatic heterocycles. The number of nitrogens with zero attached hydrogens (tertiary/aromatic N) is 2. The summed E-state index contributed by atoms with van der Waals surface area (Å²) in [5.74, 6) is 3.19. The zero-order chi connectivity index (χ0) is 21.8. The Labute approximate surface area is 185 Å². The Balaban J connectivity index is 1.33. The second-order valence-corrected chi connectivity index (χ2v) is 8.95. The molecule has 7 heteroatoms. The number of carbonyl (C=O) groups excluding carboxylic acids is 1. The molecule has 1 aromatic carbocycles. The lowest BCUT2D eigenvalue weighted by Crippen LogP contribution is -2.45. The maximum atomic E-state index is 12.7. The molecule has 3 aliphatic rings.